The van der Waals surface area contributed by atoms with Crippen molar-refractivity contribution in [1.29, 1.82) is 0 Å². The van der Waals surface area contributed by atoms with Crippen LogP contribution in [0.25, 0.3) is 0 Å². The lowest BCUT2D eigenvalue weighted by atomic mass is 9.61. The van der Waals surface area contributed by atoms with E-state index >= 15 is 0 Å². The van der Waals surface area contributed by atoms with Crippen LogP contribution in [0.3, 0.4) is 0 Å². The highest BCUT2D eigenvalue weighted by Crippen LogP contribution is 2.49. The van der Waals surface area contributed by atoms with Crippen LogP contribution in [-0.2, 0) is 0 Å². The van der Waals surface area contributed by atoms with Gasteiger partial charge in [0.1, 0.15) is 0 Å². The molecule has 1 saturated heterocycles. The summed E-state index contributed by atoms with van der Waals surface area (Å²) >= 11 is 0. The molecule has 0 radical (unpaired) electrons. The van der Waals surface area contributed by atoms with Gasteiger partial charge < -0.3 is 5.32 Å². The fourth-order valence-corrected chi connectivity index (χ4v) is 3.55. The lowest BCUT2D eigenvalue weighted by Gasteiger charge is -2.46. The molecule has 0 bridgehead atoms. The molecule has 0 aromatic heterocycles. The molecule has 2 aliphatic rings. The van der Waals surface area contributed by atoms with Gasteiger partial charge in [0.25, 0.3) is 0 Å². The Kier molecular flexibility index (Phi) is 3.12. The molecule has 1 aliphatic carbocycles. The Morgan fingerprint density at radius 2 is 1.47 bits per heavy atom. The van der Waals surface area contributed by atoms with Crippen LogP contribution < -0.4 is 5.32 Å². The maximum atomic E-state index is 3.50. The van der Waals surface area contributed by atoms with E-state index in [0.29, 0.717) is 5.41 Å². The third kappa shape index (κ3) is 2.55. The molecule has 2 fully saturated rings. The van der Waals surface area contributed by atoms with Crippen molar-refractivity contribution < 1.29 is 0 Å². The van der Waals surface area contributed by atoms with Gasteiger partial charge in [0.15, 0.2) is 0 Å². The number of piperidine rings is 1. The standard InChI is InChI=1S/C14H27N/c1-13(2,3)12-4-6-14(7-5-12)8-10-15-11-9-14/h12,15H,4-11H2,1-3H3. The Morgan fingerprint density at radius 3 is 1.93 bits per heavy atom. The molecule has 15 heavy (non-hydrogen) atoms. The molecule has 0 amide bonds. The SMILES string of the molecule is CC(C)(C)C1CCC2(CCNCC2)CC1. The summed E-state index contributed by atoms with van der Waals surface area (Å²) in [5, 5.41) is 3.50. The molecule has 88 valence electrons. The van der Waals surface area contributed by atoms with Crippen molar-refractivity contribution in [3.63, 3.8) is 0 Å². The maximum absolute atomic E-state index is 3.50. The Bertz CT molecular complexity index is 198. The molecule has 0 aromatic rings. The summed E-state index contributed by atoms with van der Waals surface area (Å²) in [5.74, 6) is 0.970. The molecule has 1 saturated carbocycles. The van der Waals surface area contributed by atoms with E-state index in [1.165, 1.54) is 51.6 Å². The Balaban J connectivity index is 1.91. The molecule has 1 aliphatic heterocycles. The van der Waals surface area contributed by atoms with Gasteiger partial charge in [-0.25, -0.2) is 0 Å². The average Bonchev–Trinajstić information content (AvgIpc) is 2.18. The number of hydrogen-bond donors (Lipinski definition) is 1. The predicted molar refractivity (Wildman–Crippen MR) is 65.9 cm³/mol. The zero-order valence-corrected chi connectivity index (χ0v) is 10.7. The molecule has 1 heteroatoms. The minimum absolute atomic E-state index is 0.536. The lowest BCUT2D eigenvalue weighted by molar-refractivity contribution is 0.0629. The number of hydrogen-bond acceptors (Lipinski definition) is 1. The van der Waals surface area contributed by atoms with Gasteiger partial charge in [0.05, 0.1) is 0 Å². The van der Waals surface area contributed by atoms with Gasteiger partial charge in [-0.15, -0.1) is 0 Å². The molecule has 1 N–H and O–H groups in total. The van der Waals surface area contributed by atoms with E-state index in [1.807, 2.05) is 0 Å². The van der Waals surface area contributed by atoms with E-state index < -0.39 is 0 Å². The second-order valence-electron chi connectivity index (χ2n) is 6.89. The topological polar surface area (TPSA) is 12.0 Å². The Morgan fingerprint density at radius 1 is 0.933 bits per heavy atom. The maximum Gasteiger partial charge on any atom is -0.00436 e. The minimum atomic E-state index is 0.536. The highest BCUT2D eigenvalue weighted by atomic mass is 14.9. The molecule has 1 nitrogen and oxygen atoms in total. The summed E-state index contributed by atoms with van der Waals surface area (Å²) in [6, 6.07) is 0. The first-order valence-electron chi connectivity index (χ1n) is 6.73. The monoisotopic (exact) mass is 209 g/mol. The normalized spacial score (nSPS) is 28.2. The zero-order chi connectivity index (χ0) is 10.9. The van der Waals surface area contributed by atoms with Gasteiger partial charge in [-0.3, -0.25) is 0 Å². The predicted octanol–water partition coefficient (Wildman–Crippen LogP) is 3.59. The van der Waals surface area contributed by atoms with Crippen LogP contribution in [-0.4, -0.2) is 13.1 Å². The van der Waals surface area contributed by atoms with E-state index in [9.17, 15) is 0 Å². The van der Waals surface area contributed by atoms with Crippen molar-refractivity contribution in [1.82, 2.24) is 5.32 Å². The van der Waals surface area contributed by atoms with Gasteiger partial charge in [0.2, 0.25) is 0 Å². The second kappa shape index (κ2) is 4.08. The summed E-state index contributed by atoms with van der Waals surface area (Å²) in [7, 11) is 0. The first-order valence-corrected chi connectivity index (χ1v) is 6.73. The molecule has 0 atom stereocenters. The number of nitrogens with one attached hydrogen (secondary N) is 1. The first kappa shape index (κ1) is 11.4. The first-order chi connectivity index (χ1) is 7.02. The fraction of sp³-hybridized carbons (Fsp3) is 1.00. The van der Waals surface area contributed by atoms with E-state index in [-0.39, 0.29) is 0 Å². The molecule has 0 aromatic carbocycles. The van der Waals surface area contributed by atoms with Crippen LogP contribution in [0, 0.1) is 16.7 Å². The zero-order valence-electron chi connectivity index (χ0n) is 10.7. The van der Waals surface area contributed by atoms with Gasteiger partial charge in [-0.1, -0.05) is 20.8 Å². The van der Waals surface area contributed by atoms with Gasteiger partial charge >= 0.3 is 0 Å². The summed E-state index contributed by atoms with van der Waals surface area (Å²) in [6.45, 7) is 9.77. The smallest absolute Gasteiger partial charge is 0.00436 e. The van der Waals surface area contributed by atoms with Crippen LogP contribution in [0.1, 0.15) is 59.3 Å². The average molecular weight is 209 g/mol. The molecule has 0 unspecified atom stereocenters. The second-order valence-corrected chi connectivity index (χ2v) is 6.89. The van der Waals surface area contributed by atoms with E-state index in [1.54, 1.807) is 0 Å². The fourth-order valence-electron chi connectivity index (χ4n) is 3.55. The van der Waals surface area contributed by atoms with E-state index in [2.05, 4.69) is 26.1 Å². The summed E-state index contributed by atoms with van der Waals surface area (Å²) < 4.78 is 0. The molecule has 1 heterocycles. The van der Waals surface area contributed by atoms with Crippen molar-refractivity contribution in [3.05, 3.63) is 0 Å². The summed E-state index contributed by atoms with van der Waals surface area (Å²) in [6.07, 6.45) is 8.81. The molecular formula is C14H27N. The van der Waals surface area contributed by atoms with Crippen molar-refractivity contribution >= 4 is 0 Å². The summed E-state index contributed by atoms with van der Waals surface area (Å²) in [4.78, 5) is 0. The van der Waals surface area contributed by atoms with E-state index in [4.69, 9.17) is 0 Å². The molecule has 2 rings (SSSR count). The van der Waals surface area contributed by atoms with Crippen LogP contribution in [0.2, 0.25) is 0 Å². The number of rotatable bonds is 0. The van der Waals surface area contributed by atoms with Crippen LogP contribution >= 0.6 is 0 Å². The van der Waals surface area contributed by atoms with E-state index in [0.717, 1.165) is 11.3 Å². The highest BCUT2D eigenvalue weighted by Gasteiger charge is 2.38. The van der Waals surface area contributed by atoms with Gasteiger partial charge in [0, 0.05) is 0 Å². The van der Waals surface area contributed by atoms with Crippen LogP contribution in [0.4, 0.5) is 0 Å². The quantitative estimate of drug-likeness (QED) is 0.643. The van der Waals surface area contributed by atoms with Crippen LogP contribution in [0.15, 0.2) is 0 Å². The lowest BCUT2D eigenvalue weighted by Crippen LogP contribution is -2.40. The van der Waals surface area contributed by atoms with Gasteiger partial charge in [-0.2, -0.15) is 0 Å². The highest BCUT2D eigenvalue weighted by molar-refractivity contribution is 4.91. The Hall–Kier alpha value is -0.0400. The summed E-state index contributed by atoms with van der Waals surface area (Å²) in [5.41, 5.74) is 1.28. The third-order valence-electron chi connectivity index (χ3n) is 4.94. The minimum Gasteiger partial charge on any atom is -0.317 e. The van der Waals surface area contributed by atoms with Gasteiger partial charge in [-0.05, 0) is 68.4 Å². The largest absolute Gasteiger partial charge is 0.317 e. The van der Waals surface area contributed by atoms with Crippen molar-refractivity contribution in [3.8, 4) is 0 Å². The molecule has 1 spiro atoms. The van der Waals surface area contributed by atoms with Crippen molar-refractivity contribution in [2.75, 3.05) is 13.1 Å². The van der Waals surface area contributed by atoms with Crippen molar-refractivity contribution in [2.45, 2.75) is 59.3 Å². The Labute approximate surface area is 95.0 Å². The molecular weight excluding hydrogens is 182 g/mol. The third-order valence-corrected chi connectivity index (χ3v) is 4.94. The van der Waals surface area contributed by atoms with Crippen molar-refractivity contribution in [2.24, 2.45) is 16.7 Å². The van der Waals surface area contributed by atoms with Crippen LogP contribution in [0.5, 0.6) is 0 Å².